The molecular formula is C11H16ClNO4S2. The van der Waals surface area contributed by atoms with Crippen LogP contribution in [0.1, 0.15) is 26.3 Å². The second kappa shape index (κ2) is 5.05. The second-order valence-electron chi connectivity index (χ2n) is 5.22. The third-order valence-corrected chi connectivity index (χ3v) is 5.42. The molecule has 0 amide bonds. The summed E-state index contributed by atoms with van der Waals surface area (Å²) in [6.07, 6.45) is 0. The van der Waals surface area contributed by atoms with Crippen molar-refractivity contribution in [1.82, 2.24) is 4.72 Å². The van der Waals surface area contributed by atoms with E-state index in [0.29, 0.717) is 5.56 Å². The first-order chi connectivity index (χ1) is 8.33. The molecule has 0 spiro atoms. The normalized spacial score (nSPS) is 13.5. The molecule has 108 valence electrons. The van der Waals surface area contributed by atoms with Crippen LogP contribution >= 0.6 is 10.7 Å². The van der Waals surface area contributed by atoms with Gasteiger partial charge < -0.3 is 0 Å². The zero-order valence-corrected chi connectivity index (χ0v) is 13.4. The van der Waals surface area contributed by atoms with Gasteiger partial charge in [0.2, 0.25) is 10.0 Å². The van der Waals surface area contributed by atoms with Gasteiger partial charge in [0.25, 0.3) is 9.05 Å². The summed E-state index contributed by atoms with van der Waals surface area (Å²) in [5.41, 5.74) is -0.220. The predicted octanol–water partition coefficient (Wildman–Crippen LogP) is 2.00. The van der Waals surface area contributed by atoms with Gasteiger partial charge in [0, 0.05) is 16.2 Å². The fraction of sp³-hybridized carbons (Fsp3) is 0.455. The van der Waals surface area contributed by atoms with Gasteiger partial charge in [-0.15, -0.1) is 0 Å². The average Bonchev–Trinajstić information content (AvgIpc) is 2.11. The van der Waals surface area contributed by atoms with Gasteiger partial charge in [-0.25, -0.2) is 21.6 Å². The quantitative estimate of drug-likeness (QED) is 0.862. The number of aryl methyl sites for hydroxylation is 1. The number of rotatable bonds is 3. The minimum Gasteiger partial charge on any atom is -0.207 e. The van der Waals surface area contributed by atoms with Crippen molar-refractivity contribution < 1.29 is 16.8 Å². The van der Waals surface area contributed by atoms with Crippen LogP contribution in [0.5, 0.6) is 0 Å². The van der Waals surface area contributed by atoms with Gasteiger partial charge in [0.05, 0.1) is 9.79 Å². The van der Waals surface area contributed by atoms with E-state index in [2.05, 4.69) is 4.72 Å². The van der Waals surface area contributed by atoms with Crippen LogP contribution in [-0.4, -0.2) is 22.4 Å². The van der Waals surface area contributed by atoms with Crippen LogP contribution in [0.3, 0.4) is 0 Å². The largest absolute Gasteiger partial charge is 0.261 e. The molecule has 0 fully saturated rings. The highest BCUT2D eigenvalue weighted by Gasteiger charge is 2.25. The number of benzene rings is 1. The molecular weight excluding hydrogens is 310 g/mol. The van der Waals surface area contributed by atoms with E-state index in [1.165, 1.54) is 12.1 Å². The van der Waals surface area contributed by atoms with Gasteiger partial charge in [0.15, 0.2) is 0 Å². The Morgan fingerprint density at radius 1 is 1.11 bits per heavy atom. The molecule has 0 saturated carbocycles. The molecule has 1 rings (SSSR count). The number of halogens is 1. The monoisotopic (exact) mass is 325 g/mol. The first-order valence-corrected chi connectivity index (χ1v) is 9.21. The Balaban J connectivity index is 3.43. The van der Waals surface area contributed by atoms with Gasteiger partial charge in [-0.3, -0.25) is 0 Å². The molecule has 1 aromatic rings. The fourth-order valence-electron chi connectivity index (χ4n) is 1.48. The minimum atomic E-state index is -3.97. The lowest BCUT2D eigenvalue weighted by Crippen LogP contribution is -2.40. The van der Waals surface area contributed by atoms with Crippen LogP contribution in [0.4, 0.5) is 0 Å². The summed E-state index contributed by atoms with van der Waals surface area (Å²) in [4.78, 5) is -0.335. The lowest BCUT2D eigenvalue weighted by atomic mass is 10.1. The fourth-order valence-corrected chi connectivity index (χ4v) is 4.02. The Bertz CT molecular complexity index is 688. The van der Waals surface area contributed by atoms with E-state index in [9.17, 15) is 16.8 Å². The van der Waals surface area contributed by atoms with Crippen LogP contribution in [0.15, 0.2) is 28.0 Å². The third kappa shape index (κ3) is 4.45. The van der Waals surface area contributed by atoms with Crippen molar-refractivity contribution in [1.29, 1.82) is 0 Å². The Morgan fingerprint density at radius 3 is 2.05 bits per heavy atom. The van der Waals surface area contributed by atoms with Crippen molar-refractivity contribution in [3.8, 4) is 0 Å². The maximum Gasteiger partial charge on any atom is 0.261 e. The first kappa shape index (κ1) is 16.4. The Kier molecular flexibility index (Phi) is 4.36. The molecule has 19 heavy (non-hydrogen) atoms. The molecule has 1 N–H and O–H groups in total. The molecule has 0 radical (unpaired) electrons. The summed E-state index contributed by atoms with van der Waals surface area (Å²) >= 11 is 0. The molecule has 0 aliphatic rings. The van der Waals surface area contributed by atoms with Crippen LogP contribution in [0, 0.1) is 6.92 Å². The zero-order chi connectivity index (χ0) is 15.1. The van der Waals surface area contributed by atoms with Crippen LogP contribution in [0.2, 0.25) is 0 Å². The standard InChI is InChI=1S/C11H16ClNO4S2/c1-8-5-6-9(18(12,14)15)7-10(8)19(16,17)13-11(2,3)4/h5-7,13H,1-4H3. The van der Waals surface area contributed by atoms with Gasteiger partial charge in [-0.1, -0.05) is 6.07 Å². The van der Waals surface area contributed by atoms with Crippen LogP contribution in [-0.2, 0) is 19.1 Å². The van der Waals surface area contributed by atoms with Crippen molar-refractivity contribution in [2.24, 2.45) is 0 Å². The van der Waals surface area contributed by atoms with E-state index in [0.717, 1.165) is 6.07 Å². The average molecular weight is 326 g/mol. The summed E-state index contributed by atoms with van der Waals surface area (Å²) in [7, 11) is -2.55. The van der Waals surface area contributed by atoms with E-state index >= 15 is 0 Å². The van der Waals surface area contributed by atoms with E-state index < -0.39 is 24.6 Å². The summed E-state index contributed by atoms with van der Waals surface area (Å²) < 4.78 is 49.4. The summed E-state index contributed by atoms with van der Waals surface area (Å²) in [5, 5.41) is 0. The van der Waals surface area contributed by atoms with Crippen molar-refractivity contribution in [3.05, 3.63) is 23.8 Å². The molecule has 8 heteroatoms. The smallest absolute Gasteiger partial charge is 0.207 e. The van der Waals surface area contributed by atoms with Crippen LogP contribution in [0.25, 0.3) is 0 Å². The zero-order valence-electron chi connectivity index (χ0n) is 11.1. The van der Waals surface area contributed by atoms with E-state index in [-0.39, 0.29) is 9.79 Å². The van der Waals surface area contributed by atoms with Crippen molar-refractivity contribution in [2.45, 2.75) is 43.0 Å². The van der Waals surface area contributed by atoms with Crippen molar-refractivity contribution in [3.63, 3.8) is 0 Å². The molecule has 0 bridgehead atoms. The lowest BCUT2D eigenvalue weighted by molar-refractivity contribution is 0.491. The van der Waals surface area contributed by atoms with Gasteiger partial charge in [-0.2, -0.15) is 0 Å². The number of sulfonamides is 1. The van der Waals surface area contributed by atoms with Gasteiger partial charge in [-0.05, 0) is 45.4 Å². The highest BCUT2D eigenvalue weighted by Crippen LogP contribution is 2.23. The second-order valence-corrected chi connectivity index (χ2v) is 9.44. The molecule has 0 aromatic heterocycles. The molecule has 0 unspecified atom stereocenters. The van der Waals surface area contributed by atoms with Crippen molar-refractivity contribution >= 4 is 29.8 Å². The van der Waals surface area contributed by atoms with Crippen LogP contribution < -0.4 is 4.72 Å². The maximum absolute atomic E-state index is 12.2. The predicted molar refractivity (Wildman–Crippen MR) is 74.3 cm³/mol. The topological polar surface area (TPSA) is 80.3 Å². The molecule has 0 atom stereocenters. The Morgan fingerprint density at radius 2 is 1.63 bits per heavy atom. The molecule has 0 aliphatic heterocycles. The van der Waals surface area contributed by atoms with Gasteiger partial charge in [0.1, 0.15) is 0 Å². The summed E-state index contributed by atoms with van der Waals surface area (Å²) in [6.45, 7) is 6.67. The number of hydrogen-bond donors (Lipinski definition) is 1. The highest BCUT2D eigenvalue weighted by atomic mass is 35.7. The number of hydrogen-bond acceptors (Lipinski definition) is 4. The maximum atomic E-state index is 12.2. The molecule has 5 nitrogen and oxygen atoms in total. The summed E-state index contributed by atoms with van der Waals surface area (Å²) in [6, 6.07) is 3.74. The highest BCUT2D eigenvalue weighted by molar-refractivity contribution is 8.13. The molecule has 0 aliphatic carbocycles. The van der Waals surface area contributed by atoms with Crippen molar-refractivity contribution in [2.75, 3.05) is 0 Å². The Labute approximate surface area is 118 Å². The van der Waals surface area contributed by atoms with Gasteiger partial charge >= 0.3 is 0 Å². The first-order valence-electron chi connectivity index (χ1n) is 5.42. The van der Waals surface area contributed by atoms with E-state index in [4.69, 9.17) is 10.7 Å². The Hall–Kier alpha value is -0.630. The van der Waals surface area contributed by atoms with E-state index in [1.54, 1.807) is 27.7 Å². The molecule has 0 saturated heterocycles. The minimum absolute atomic E-state index is 0.0934. The van der Waals surface area contributed by atoms with E-state index in [1.807, 2.05) is 0 Å². The third-order valence-electron chi connectivity index (χ3n) is 2.17. The summed E-state index contributed by atoms with van der Waals surface area (Å²) in [5.74, 6) is 0. The lowest BCUT2D eigenvalue weighted by Gasteiger charge is -2.21. The molecule has 0 heterocycles. The number of nitrogens with one attached hydrogen (secondary N) is 1. The molecule has 1 aromatic carbocycles. The SMILES string of the molecule is Cc1ccc(S(=O)(=O)Cl)cc1S(=O)(=O)NC(C)(C)C.